The number of amides is 1. The summed E-state index contributed by atoms with van der Waals surface area (Å²) >= 11 is 0. The minimum atomic E-state index is -0.964. The molecule has 0 aliphatic rings. The summed E-state index contributed by atoms with van der Waals surface area (Å²) < 4.78 is 11.3. The highest BCUT2D eigenvalue weighted by Gasteiger charge is 2.14. The van der Waals surface area contributed by atoms with Gasteiger partial charge in [0.25, 0.3) is 5.91 Å². The number of nitrogens with one attached hydrogen (secondary N) is 1. The lowest BCUT2D eigenvalue weighted by molar-refractivity contribution is 0.0955. The zero-order valence-electron chi connectivity index (χ0n) is 11.4. The Balaban J connectivity index is 2.27. The van der Waals surface area contributed by atoms with Crippen LogP contribution in [0, 0.1) is 0 Å². The molecule has 0 aliphatic heterocycles. The Hall–Kier alpha value is -1.95. The van der Waals surface area contributed by atoms with Gasteiger partial charge < -0.3 is 11.1 Å². The van der Waals surface area contributed by atoms with Crippen LogP contribution in [0.1, 0.15) is 17.3 Å². The summed E-state index contributed by atoms with van der Waals surface area (Å²) in [5, 5.41) is 4.21. The van der Waals surface area contributed by atoms with E-state index in [1.54, 1.807) is 6.26 Å². The second-order valence-corrected chi connectivity index (χ2v) is 6.42. The molecule has 3 N–H and O–H groups in total. The van der Waals surface area contributed by atoms with Crippen molar-refractivity contribution in [1.82, 2.24) is 10.3 Å². The second kappa shape index (κ2) is 6.00. The highest BCUT2D eigenvalue weighted by atomic mass is 32.2. The number of aromatic nitrogens is 1. The highest BCUT2D eigenvalue weighted by molar-refractivity contribution is 7.84. The van der Waals surface area contributed by atoms with Crippen molar-refractivity contribution in [2.45, 2.75) is 12.2 Å². The molecule has 0 spiro atoms. The molecule has 106 valence electrons. The van der Waals surface area contributed by atoms with E-state index in [-0.39, 0.29) is 11.2 Å². The molecule has 2 aromatic rings. The number of carbonyl (C=O) groups excluding carboxylic acids is 1. The number of carbonyl (C=O) groups is 1. The van der Waals surface area contributed by atoms with Crippen molar-refractivity contribution in [3.63, 3.8) is 0 Å². The van der Waals surface area contributed by atoms with Gasteiger partial charge in [-0.15, -0.1) is 0 Å². The molecule has 2 rings (SSSR count). The first-order chi connectivity index (χ1) is 9.50. The van der Waals surface area contributed by atoms with Gasteiger partial charge in [0.15, 0.2) is 0 Å². The van der Waals surface area contributed by atoms with Crippen molar-refractivity contribution in [2.24, 2.45) is 0 Å². The summed E-state index contributed by atoms with van der Waals surface area (Å²) in [5.41, 5.74) is 6.28. The molecule has 0 saturated carbocycles. The number of nitrogen functional groups attached to an aromatic ring is 1. The van der Waals surface area contributed by atoms with Gasteiger partial charge in [0.05, 0.1) is 5.56 Å². The van der Waals surface area contributed by atoms with Crippen molar-refractivity contribution >= 4 is 33.3 Å². The fourth-order valence-corrected chi connectivity index (χ4v) is 2.16. The number of fused-ring (bicyclic) bond motifs is 1. The Labute approximate surface area is 120 Å². The van der Waals surface area contributed by atoms with Crippen LogP contribution in [0.5, 0.6) is 0 Å². The fraction of sp³-hybridized carbons (Fsp3) is 0.286. The Kier molecular flexibility index (Phi) is 4.34. The predicted molar refractivity (Wildman–Crippen MR) is 82.0 cm³/mol. The van der Waals surface area contributed by atoms with Gasteiger partial charge >= 0.3 is 0 Å². The zero-order valence-corrected chi connectivity index (χ0v) is 12.2. The van der Waals surface area contributed by atoms with Crippen LogP contribution in [-0.4, -0.2) is 33.2 Å². The topological polar surface area (TPSA) is 85.1 Å². The number of rotatable bonds is 4. The van der Waals surface area contributed by atoms with Crippen molar-refractivity contribution < 1.29 is 9.00 Å². The number of pyridine rings is 1. The quantitative estimate of drug-likeness (QED) is 0.889. The van der Waals surface area contributed by atoms with Gasteiger partial charge in [-0.2, -0.15) is 0 Å². The van der Waals surface area contributed by atoms with E-state index in [1.807, 2.05) is 31.2 Å². The van der Waals surface area contributed by atoms with E-state index in [0.29, 0.717) is 17.9 Å². The molecule has 1 aromatic carbocycles. The normalized spacial score (nSPS) is 13.9. The van der Waals surface area contributed by atoms with Crippen LogP contribution >= 0.6 is 0 Å². The number of hydrogen-bond donors (Lipinski definition) is 2. The third-order valence-electron chi connectivity index (χ3n) is 3.19. The molecular weight excluding hydrogens is 274 g/mol. The highest BCUT2D eigenvalue weighted by Crippen LogP contribution is 2.22. The Morgan fingerprint density at radius 1 is 1.40 bits per heavy atom. The van der Waals surface area contributed by atoms with Crippen LogP contribution in [0.25, 0.3) is 10.8 Å². The van der Waals surface area contributed by atoms with E-state index in [2.05, 4.69) is 10.3 Å². The molecule has 1 amide bonds. The Bertz CT molecular complexity index is 673. The maximum Gasteiger partial charge on any atom is 0.253 e. The number of hydrogen-bond acceptors (Lipinski definition) is 4. The van der Waals surface area contributed by atoms with E-state index in [0.717, 1.165) is 10.8 Å². The second-order valence-electron chi connectivity index (χ2n) is 4.62. The maximum absolute atomic E-state index is 12.2. The van der Waals surface area contributed by atoms with Gasteiger partial charge in [0.1, 0.15) is 5.82 Å². The number of nitrogens with zero attached hydrogens (tertiary/aromatic N) is 1. The number of anilines is 1. The Morgan fingerprint density at radius 3 is 2.70 bits per heavy atom. The van der Waals surface area contributed by atoms with Gasteiger partial charge in [-0.1, -0.05) is 24.3 Å². The molecule has 6 heteroatoms. The van der Waals surface area contributed by atoms with Gasteiger partial charge in [-0.05, 0) is 12.3 Å². The maximum atomic E-state index is 12.2. The lowest BCUT2D eigenvalue weighted by atomic mass is 10.1. The first-order valence-electron chi connectivity index (χ1n) is 6.24. The molecule has 20 heavy (non-hydrogen) atoms. The molecule has 0 fully saturated rings. The molecule has 5 nitrogen and oxygen atoms in total. The largest absolute Gasteiger partial charge is 0.383 e. The van der Waals surface area contributed by atoms with Crippen LogP contribution < -0.4 is 11.1 Å². The summed E-state index contributed by atoms with van der Waals surface area (Å²) in [6, 6.07) is 7.37. The summed E-state index contributed by atoms with van der Waals surface area (Å²) in [7, 11) is -0.964. The summed E-state index contributed by atoms with van der Waals surface area (Å²) in [6.07, 6.45) is 3.09. The minimum Gasteiger partial charge on any atom is -0.383 e. The third kappa shape index (κ3) is 2.96. The molecule has 0 bridgehead atoms. The number of nitrogens with two attached hydrogens (primary N) is 1. The van der Waals surface area contributed by atoms with Gasteiger partial charge in [0, 0.05) is 40.4 Å². The average Bonchev–Trinajstić information content (AvgIpc) is 2.45. The van der Waals surface area contributed by atoms with E-state index in [1.165, 1.54) is 6.20 Å². The van der Waals surface area contributed by atoms with Crippen LogP contribution in [0.2, 0.25) is 0 Å². The molecule has 0 radical (unpaired) electrons. The molecule has 1 heterocycles. The van der Waals surface area contributed by atoms with Crippen LogP contribution in [0.15, 0.2) is 30.5 Å². The van der Waals surface area contributed by atoms with Crippen LogP contribution in [0.4, 0.5) is 5.82 Å². The summed E-state index contributed by atoms with van der Waals surface area (Å²) in [4.78, 5) is 16.3. The third-order valence-corrected chi connectivity index (χ3v) is 4.49. The van der Waals surface area contributed by atoms with E-state index in [9.17, 15) is 9.00 Å². The molecular formula is C14H17N3O2S. The van der Waals surface area contributed by atoms with E-state index < -0.39 is 10.8 Å². The van der Waals surface area contributed by atoms with Gasteiger partial charge in [-0.25, -0.2) is 4.98 Å². The molecule has 0 saturated heterocycles. The minimum absolute atomic E-state index is 0.0908. The lowest BCUT2D eigenvalue weighted by Crippen LogP contribution is -2.32. The van der Waals surface area contributed by atoms with Crippen LogP contribution in [0.3, 0.4) is 0 Å². The average molecular weight is 291 g/mol. The van der Waals surface area contributed by atoms with E-state index in [4.69, 9.17) is 5.73 Å². The molecule has 2 atom stereocenters. The summed E-state index contributed by atoms with van der Waals surface area (Å²) in [6.45, 7) is 2.19. The van der Waals surface area contributed by atoms with E-state index >= 15 is 0 Å². The summed E-state index contributed by atoms with van der Waals surface area (Å²) in [5.74, 6) is 0.172. The van der Waals surface area contributed by atoms with Crippen molar-refractivity contribution in [3.8, 4) is 0 Å². The fourth-order valence-electron chi connectivity index (χ4n) is 1.84. The zero-order chi connectivity index (χ0) is 14.7. The first-order valence-corrected chi connectivity index (χ1v) is 7.86. The standard InChI is InChI=1S/C14H17N3O2S/c1-9(20(2)19)7-17-14(18)12-8-16-13(15)11-6-4-3-5-10(11)12/h3-6,8-9H,7H2,1-2H3,(H2,15,16)(H,17,18). The first kappa shape index (κ1) is 14.5. The molecule has 0 aliphatic carbocycles. The molecule has 1 aromatic heterocycles. The Morgan fingerprint density at radius 2 is 2.05 bits per heavy atom. The van der Waals surface area contributed by atoms with Crippen molar-refractivity contribution in [1.29, 1.82) is 0 Å². The molecule has 2 unspecified atom stereocenters. The smallest absolute Gasteiger partial charge is 0.253 e. The SMILES string of the molecule is CC(CNC(=O)c1cnc(N)c2ccccc12)S(C)=O. The van der Waals surface area contributed by atoms with Crippen molar-refractivity contribution in [2.75, 3.05) is 18.5 Å². The lowest BCUT2D eigenvalue weighted by Gasteiger charge is -2.11. The van der Waals surface area contributed by atoms with Crippen LogP contribution in [-0.2, 0) is 10.8 Å². The monoisotopic (exact) mass is 291 g/mol. The number of benzene rings is 1. The van der Waals surface area contributed by atoms with Gasteiger partial charge in [0.2, 0.25) is 0 Å². The van der Waals surface area contributed by atoms with Gasteiger partial charge in [-0.3, -0.25) is 9.00 Å². The predicted octanol–water partition coefficient (Wildman–Crippen LogP) is 1.31. The van der Waals surface area contributed by atoms with Crippen molar-refractivity contribution in [3.05, 3.63) is 36.0 Å².